The summed E-state index contributed by atoms with van der Waals surface area (Å²) >= 11 is 0. The predicted octanol–water partition coefficient (Wildman–Crippen LogP) is 2.14. The van der Waals surface area contributed by atoms with Gasteiger partial charge in [-0.15, -0.1) is 0 Å². The molecular formula is C11H9F3O2. The Kier molecular flexibility index (Phi) is 3.80. The average molecular weight is 230 g/mol. The van der Waals surface area contributed by atoms with Gasteiger partial charge in [0.15, 0.2) is 0 Å². The van der Waals surface area contributed by atoms with Crippen LogP contribution in [0.15, 0.2) is 18.2 Å². The highest BCUT2D eigenvalue weighted by Crippen LogP contribution is 2.35. The number of rotatable bonds is 1. The first-order valence-corrected chi connectivity index (χ1v) is 4.45. The molecule has 1 rings (SSSR count). The van der Waals surface area contributed by atoms with Crippen molar-refractivity contribution in [2.45, 2.75) is 12.6 Å². The van der Waals surface area contributed by atoms with Crippen molar-refractivity contribution in [2.75, 3.05) is 6.61 Å². The van der Waals surface area contributed by atoms with Gasteiger partial charge in [-0.1, -0.05) is 11.8 Å². The van der Waals surface area contributed by atoms with Crippen molar-refractivity contribution >= 4 is 0 Å². The van der Waals surface area contributed by atoms with Crippen LogP contribution in [0.2, 0.25) is 0 Å². The quantitative estimate of drug-likeness (QED) is 0.725. The van der Waals surface area contributed by atoms with Crippen molar-refractivity contribution in [3.8, 4) is 17.6 Å². The van der Waals surface area contributed by atoms with Crippen molar-refractivity contribution in [1.29, 1.82) is 0 Å². The van der Waals surface area contributed by atoms with Crippen LogP contribution in [0.25, 0.3) is 0 Å². The first-order chi connectivity index (χ1) is 7.45. The van der Waals surface area contributed by atoms with Crippen molar-refractivity contribution in [3.63, 3.8) is 0 Å². The number of phenolic OH excluding ortho intramolecular Hbond substituents is 1. The highest BCUT2D eigenvalue weighted by Gasteiger charge is 2.33. The minimum atomic E-state index is -4.60. The van der Waals surface area contributed by atoms with Gasteiger partial charge >= 0.3 is 6.18 Å². The Morgan fingerprint density at radius 3 is 2.50 bits per heavy atom. The highest BCUT2D eigenvalue weighted by molar-refractivity contribution is 5.44. The molecule has 0 fully saturated rings. The van der Waals surface area contributed by atoms with E-state index >= 15 is 0 Å². The second-order valence-corrected chi connectivity index (χ2v) is 3.01. The molecule has 0 bridgehead atoms. The Hall–Kier alpha value is -1.67. The summed E-state index contributed by atoms with van der Waals surface area (Å²) in [6.45, 7) is -0.142. The standard InChI is InChI=1S/C11H9F3O2/c12-11(13,14)9-7-8(3-1-2-6-15)4-5-10(9)16/h4-5,7,15-16H,2,6H2. The fraction of sp³-hybridized carbons (Fsp3) is 0.273. The van der Waals surface area contributed by atoms with E-state index in [1.165, 1.54) is 6.07 Å². The fourth-order valence-electron chi connectivity index (χ4n) is 1.06. The van der Waals surface area contributed by atoms with E-state index in [1.807, 2.05) is 0 Å². The summed E-state index contributed by atoms with van der Waals surface area (Å²) in [6.07, 6.45) is -4.40. The molecule has 0 aliphatic rings. The minimum absolute atomic E-state index is 0.142. The second kappa shape index (κ2) is 4.90. The summed E-state index contributed by atoms with van der Waals surface area (Å²) < 4.78 is 37.1. The third-order valence-electron chi connectivity index (χ3n) is 1.77. The summed E-state index contributed by atoms with van der Waals surface area (Å²) in [5, 5.41) is 17.5. The first-order valence-electron chi connectivity index (χ1n) is 4.45. The Morgan fingerprint density at radius 2 is 1.94 bits per heavy atom. The van der Waals surface area contributed by atoms with Gasteiger partial charge in [0.25, 0.3) is 0 Å². The summed E-state index contributed by atoms with van der Waals surface area (Å²) in [4.78, 5) is 0. The van der Waals surface area contributed by atoms with Crippen LogP contribution in [0.3, 0.4) is 0 Å². The Balaban J connectivity index is 3.05. The highest BCUT2D eigenvalue weighted by atomic mass is 19.4. The van der Waals surface area contributed by atoms with Gasteiger partial charge in [0.1, 0.15) is 5.75 Å². The number of halogens is 3. The zero-order chi connectivity index (χ0) is 12.2. The normalized spacial score (nSPS) is 10.8. The number of benzene rings is 1. The molecule has 0 heterocycles. The van der Waals surface area contributed by atoms with Crippen molar-refractivity contribution < 1.29 is 23.4 Å². The molecule has 0 radical (unpaired) electrons. The lowest BCUT2D eigenvalue weighted by molar-refractivity contribution is -0.138. The van der Waals surface area contributed by atoms with Gasteiger partial charge in [-0.25, -0.2) is 0 Å². The molecule has 0 aliphatic heterocycles. The average Bonchev–Trinajstić information content (AvgIpc) is 2.19. The molecule has 0 unspecified atom stereocenters. The number of alkyl halides is 3. The lowest BCUT2D eigenvalue weighted by atomic mass is 10.1. The van der Waals surface area contributed by atoms with Crippen LogP contribution in [-0.4, -0.2) is 16.8 Å². The molecule has 1 aromatic carbocycles. The molecule has 0 aromatic heterocycles. The van der Waals surface area contributed by atoms with Gasteiger partial charge in [-0.2, -0.15) is 13.2 Å². The van der Waals surface area contributed by atoms with Gasteiger partial charge in [0.2, 0.25) is 0 Å². The lowest BCUT2D eigenvalue weighted by Crippen LogP contribution is -2.05. The number of phenols is 1. The number of hydrogen-bond acceptors (Lipinski definition) is 2. The summed E-state index contributed by atoms with van der Waals surface area (Å²) in [6, 6.07) is 3.01. The Bertz CT molecular complexity index is 427. The molecule has 0 saturated heterocycles. The molecule has 2 N–H and O–H groups in total. The third-order valence-corrected chi connectivity index (χ3v) is 1.77. The molecule has 0 saturated carbocycles. The largest absolute Gasteiger partial charge is 0.507 e. The smallest absolute Gasteiger partial charge is 0.419 e. The molecule has 5 heteroatoms. The molecule has 86 valence electrons. The number of aromatic hydroxyl groups is 1. The fourth-order valence-corrected chi connectivity index (χ4v) is 1.06. The number of aliphatic hydroxyl groups is 1. The van der Waals surface area contributed by atoms with E-state index in [9.17, 15) is 13.2 Å². The van der Waals surface area contributed by atoms with Crippen molar-refractivity contribution in [1.82, 2.24) is 0 Å². The zero-order valence-corrected chi connectivity index (χ0v) is 8.17. The van der Waals surface area contributed by atoms with Crippen LogP contribution in [-0.2, 0) is 6.18 Å². The lowest BCUT2D eigenvalue weighted by Gasteiger charge is -2.08. The monoisotopic (exact) mass is 230 g/mol. The van der Waals surface area contributed by atoms with E-state index in [4.69, 9.17) is 10.2 Å². The number of hydrogen-bond donors (Lipinski definition) is 2. The minimum Gasteiger partial charge on any atom is -0.507 e. The van der Waals surface area contributed by atoms with Crippen molar-refractivity contribution in [3.05, 3.63) is 29.3 Å². The molecule has 1 aromatic rings. The predicted molar refractivity (Wildman–Crippen MR) is 51.7 cm³/mol. The molecule has 0 aliphatic carbocycles. The van der Waals surface area contributed by atoms with Crippen LogP contribution >= 0.6 is 0 Å². The van der Waals surface area contributed by atoms with Crippen molar-refractivity contribution in [2.24, 2.45) is 0 Å². The van der Waals surface area contributed by atoms with E-state index in [-0.39, 0.29) is 18.6 Å². The van der Waals surface area contributed by atoms with Crippen LogP contribution in [0.5, 0.6) is 5.75 Å². The Morgan fingerprint density at radius 1 is 1.25 bits per heavy atom. The van der Waals surface area contributed by atoms with Gasteiger partial charge in [-0.05, 0) is 18.2 Å². The van der Waals surface area contributed by atoms with Gasteiger partial charge in [0, 0.05) is 12.0 Å². The van der Waals surface area contributed by atoms with Crippen LogP contribution in [0.1, 0.15) is 17.5 Å². The van der Waals surface area contributed by atoms with E-state index < -0.39 is 17.5 Å². The maximum absolute atomic E-state index is 12.4. The third kappa shape index (κ3) is 3.17. The molecule has 16 heavy (non-hydrogen) atoms. The van der Waals surface area contributed by atoms with Crippen LogP contribution in [0, 0.1) is 11.8 Å². The van der Waals surface area contributed by atoms with Gasteiger partial charge in [0.05, 0.1) is 12.2 Å². The Labute approximate surface area is 90.3 Å². The van der Waals surface area contributed by atoms with E-state index in [2.05, 4.69) is 11.8 Å². The van der Waals surface area contributed by atoms with Gasteiger partial charge in [-0.3, -0.25) is 0 Å². The summed E-state index contributed by atoms with van der Waals surface area (Å²) in [5.74, 6) is 4.15. The van der Waals surface area contributed by atoms with Crippen LogP contribution < -0.4 is 0 Å². The second-order valence-electron chi connectivity index (χ2n) is 3.01. The summed E-state index contributed by atoms with van der Waals surface area (Å²) in [5.41, 5.74) is -0.957. The molecular weight excluding hydrogens is 221 g/mol. The van der Waals surface area contributed by atoms with E-state index in [1.54, 1.807) is 0 Å². The molecule has 0 spiro atoms. The summed E-state index contributed by atoms with van der Waals surface area (Å²) in [7, 11) is 0. The molecule has 0 atom stereocenters. The SMILES string of the molecule is OCCC#Cc1ccc(O)c(C(F)(F)F)c1. The van der Waals surface area contributed by atoms with E-state index in [0.29, 0.717) is 0 Å². The van der Waals surface area contributed by atoms with Gasteiger partial charge < -0.3 is 10.2 Å². The molecule has 2 nitrogen and oxygen atoms in total. The number of aliphatic hydroxyl groups excluding tert-OH is 1. The maximum atomic E-state index is 12.4. The zero-order valence-electron chi connectivity index (χ0n) is 8.17. The first kappa shape index (κ1) is 12.4. The maximum Gasteiger partial charge on any atom is 0.419 e. The molecule has 0 amide bonds. The van der Waals surface area contributed by atoms with E-state index in [0.717, 1.165) is 12.1 Å². The topological polar surface area (TPSA) is 40.5 Å². The van der Waals surface area contributed by atoms with Crippen LogP contribution in [0.4, 0.5) is 13.2 Å².